The number of hydrogen-bond donors (Lipinski definition) is 3. The molecule has 0 bridgehead atoms. The van der Waals surface area contributed by atoms with Crippen molar-refractivity contribution in [2.24, 2.45) is 5.84 Å². The van der Waals surface area contributed by atoms with Crippen LogP contribution in [0.4, 0.5) is 11.6 Å². The van der Waals surface area contributed by atoms with E-state index in [1.165, 1.54) is 6.33 Å². The molecule has 0 spiro atoms. The first-order chi connectivity index (χ1) is 8.72. The van der Waals surface area contributed by atoms with Gasteiger partial charge in [0, 0.05) is 18.7 Å². The minimum Gasteiger partial charge on any atom is -0.376 e. The molecule has 2 heterocycles. The fourth-order valence-electron chi connectivity index (χ4n) is 2.21. The molecule has 0 aromatic carbocycles. The molecule has 1 atom stereocenters. The first kappa shape index (κ1) is 13.0. The van der Waals surface area contributed by atoms with Crippen LogP contribution >= 0.6 is 0 Å². The third-order valence-electron chi connectivity index (χ3n) is 3.12. The Morgan fingerprint density at radius 3 is 2.83 bits per heavy atom. The van der Waals surface area contributed by atoms with Crippen molar-refractivity contribution in [1.82, 2.24) is 9.97 Å². The van der Waals surface area contributed by atoms with Gasteiger partial charge in [-0.15, -0.1) is 0 Å². The second kappa shape index (κ2) is 5.97. The van der Waals surface area contributed by atoms with Gasteiger partial charge in [-0.05, 0) is 18.8 Å². The Labute approximate surface area is 107 Å². The molecule has 1 aliphatic rings. The maximum absolute atomic E-state index is 5.59. The van der Waals surface area contributed by atoms with Crippen molar-refractivity contribution in [3.63, 3.8) is 0 Å². The third-order valence-corrected chi connectivity index (χ3v) is 3.12. The molecule has 4 N–H and O–H groups in total. The number of ether oxygens (including phenoxy) is 1. The third kappa shape index (κ3) is 2.88. The van der Waals surface area contributed by atoms with Gasteiger partial charge in [-0.3, -0.25) is 0 Å². The van der Waals surface area contributed by atoms with Crippen LogP contribution in [-0.4, -0.2) is 29.2 Å². The molecule has 1 fully saturated rings. The highest BCUT2D eigenvalue weighted by atomic mass is 16.5. The van der Waals surface area contributed by atoms with Gasteiger partial charge in [-0.1, -0.05) is 13.8 Å². The Morgan fingerprint density at radius 1 is 1.44 bits per heavy atom. The SMILES string of the molecule is CC(C)c1c(NN)ncnc1NCC1CCCO1. The van der Waals surface area contributed by atoms with Crippen molar-refractivity contribution in [2.75, 3.05) is 23.9 Å². The number of nitrogens with zero attached hydrogens (tertiary/aromatic N) is 2. The van der Waals surface area contributed by atoms with Gasteiger partial charge in [0.2, 0.25) is 0 Å². The van der Waals surface area contributed by atoms with Crippen molar-refractivity contribution in [1.29, 1.82) is 0 Å². The van der Waals surface area contributed by atoms with E-state index in [0.717, 1.165) is 37.4 Å². The van der Waals surface area contributed by atoms with Gasteiger partial charge in [0.1, 0.15) is 18.0 Å². The van der Waals surface area contributed by atoms with E-state index in [9.17, 15) is 0 Å². The van der Waals surface area contributed by atoms with Crippen LogP contribution in [0.25, 0.3) is 0 Å². The zero-order valence-corrected chi connectivity index (χ0v) is 10.9. The molecular weight excluding hydrogens is 230 g/mol. The molecule has 1 unspecified atom stereocenters. The first-order valence-corrected chi connectivity index (χ1v) is 6.39. The lowest BCUT2D eigenvalue weighted by Crippen LogP contribution is -2.21. The normalized spacial score (nSPS) is 19.2. The molecule has 1 saturated heterocycles. The lowest BCUT2D eigenvalue weighted by molar-refractivity contribution is 0.120. The second-order valence-electron chi connectivity index (χ2n) is 4.80. The highest BCUT2D eigenvalue weighted by Crippen LogP contribution is 2.27. The van der Waals surface area contributed by atoms with Crippen molar-refractivity contribution >= 4 is 11.6 Å². The Balaban J connectivity index is 2.10. The molecule has 1 aromatic heterocycles. The lowest BCUT2D eigenvalue weighted by Gasteiger charge is -2.18. The van der Waals surface area contributed by atoms with E-state index in [-0.39, 0.29) is 6.10 Å². The monoisotopic (exact) mass is 251 g/mol. The zero-order valence-electron chi connectivity index (χ0n) is 10.9. The summed E-state index contributed by atoms with van der Waals surface area (Å²) in [5, 5.41) is 3.34. The predicted molar refractivity (Wildman–Crippen MR) is 71.4 cm³/mol. The van der Waals surface area contributed by atoms with Crippen molar-refractivity contribution < 1.29 is 4.74 Å². The molecule has 0 radical (unpaired) electrons. The Hall–Kier alpha value is -1.40. The number of rotatable bonds is 5. The standard InChI is InChI=1S/C12H21N5O/c1-8(2)10-11(15-7-16-12(10)17-13)14-6-9-4-3-5-18-9/h7-9H,3-6,13H2,1-2H3,(H2,14,15,16,17). The first-order valence-electron chi connectivity index (χ1n) is 6.39. The van der Waals surface area contributed by atoms with Gasteiger partial charge in [0.05, 0.1) is 6.10 Å². The van der Waals surface area contributed by atoms with Crippen LogP contribution in [0.3, 0.4) is 0 Å². The Morgan fingerprint density at radius 2 is 2.22 bits per heavy atom. The number of nitrogens with one attached hydrogen (secondary N) is 2. The molecule has 1 aromatic rings. The van der Waals surface area contributed by atoms with E-state index >= 15 is 0 Å². The predicted octanol–water partition coefficient (Wildman–Crippen LogP) is 1.48. The maximum Gasteiger partial charge on any atom is 0.148 e. The maximum atomic E-state index is 5.59. The van der Waals surface area contributed by atoms with Crippen LogP contribution in [0.2, 0.25) is 0 Å². The van der Waals surface area contributed by atoms with Gasteiger partial charge < -0.3 is 15.5 Å². The fraction of sp³-hybridized carbons (Fsp3) is 0.667. The molecule has 2 rings (SSSR count). The van der Waals surface area contributed by atoms with E-state index in [2.05, 4.69) is 34.6 Å². The fourth-order valence-corrected chi connectivity index (χ4v) is 2.21. The molecule has 18 heavy (non-hydrogen) atoms. The summed E-state index contributed by atoms with van der Waals surface area (Å²) in [6, 6.07) is 0. The number of hydrazine groups is 1. The molecule has 100 valence electrons. The number of anilines is 2. The molecule has 0 aliphatic carbocycles. The van der Waals surface area contributed by atoms with Crippen LogP contribution in [0.1, 0.15) is 38.2 Å². The summed E-state index contributed by atoms with van der Waals surface area (Å²) in [6.45, 7) is 5.83. The van der Waals surface area contributed by atoms with Gasteiger partial charge in [0.25, 0.3) is 0 Å². The highest BCUT2D eigenvalue weighted by molar-refractivity contribution is 5.58. The van der Waals surface area contributed by atoms with Gasteiger partial charge in [-0.2, -0.15) is 0 Å². The van der Waals surface area contributed by atoms with E-state index < -0.39 is 0 Å². The average molecular weight is 251 g/mol. The van der Waals surface area contributed by atoms with Gasteiger partial charge in [-0.25, -0.2) is 15.8 Å². The lowest BCUT2D eigenvalue weighted by atomic mass is 10.0. The Bertz CT molecular complexity index is 390. The number of hydrogen-bond acceptors (Lipinski definition) is 6. The molecular formula is C12H21N5O. The summed E-state index contributed by atoms with van der Waals surface area (Å²) in [5.41, 5.74) is 3.63. The summed E-state index contributed by atoms with van der Waals surface area (Å²) in [6.07, 6.45) is 4.05. The largest absolute Gasteiger partial charge is 0.376 e. The van der Waals surface area contributed by atoms with Crippen molar-refractivity contribution in [3.8, 4) is 0 Å². The van der Waals surface area contributed by atoms with Crippen LogP contribution in [0.15, 0.2) is 6.33 Å². The summed E-state index contributed by atoms with van der Waals surface area (Å²) < 4.78 is 5.59. The highest BCUT2D eigenvalue weighted by Gasteiger charge is 2.18. The molecule has 0 saturated carbocycles. The Kier molecular flexibility index (Phi) is 4.33. The zero-order chi connectivity index (χ0) is 13.0. The van der Waals surface area contributed by atoms with Gasteiger partial charge in [0.15, 0.2) is 0 Å². The molecule has 6 heteroatoms. The summed E-state index contributed by atoms with van der Waals surface area (Å²) >= 11 is 0. The smallest absolute Gasteiger partial charge is 0.148 e. The summed E-state index contributed by atoms with van der Waals surface area (Å²) in [4.78, 5) is 8.44. The summed E-state index contributed by atoms with van der Waals surface area (Å²) in [7, 11) is 0. The van der Waals surface area contributed by atoms with Crippen LogP contribution in [-0.2, 0) is 4.74 Å². The average Bonchev–Trinajstić information content (AvgIpc) is 2.88. The molecule has 0 amide bonds. The van der Waals surface area contributed by atoms with E-state index in [4.69, 9.17) is 10.6 Å². The number of aromatic nitrogens is 2. The number of nitrogens with two attached hydrogens (primary N) is 1. The minimum atomic E-state index is 0.286. The topological polar surface area (TPSA) is 85.1 Å². The quantitative estimate of drug-likeness (QED) is 0.543. The van der Waals surface area contributed by atoms with E-state index in [1.807, 2.05) is 0 Å². The van der Waals surface area contributed by atoms with Crippen LogP contribution in [0, 0.1) is 0 Å². The van der Waals surface area contributed by atoms with Crippen molar-refractivity contribution in [3.05, 3.63) is 11.9 Å². The van der Waals surface area contributed by atoms with Crippen LogP contribution in [0.5, 0.6) is 0 Å². The number of nitrogen functional groups attached to an aromatic ring is 1. The van der Waals surface area contributed by atoms with E-state index in [1.54, 1.807) is 0 Å². The minimum absolute atomic E-state index is 0.286. The van der Waals surface area contributed by atoms with Crippen LogP contribution < -0.4 is 16.6 Å². The van der Waals surface area contributed by atoms with E-state index in [0.29, 0.717) is 11.7 Å². The summed E-state index contributed by atoms with van der Waals surface area (Å²) in [5.74, 6) is 7.29. The molecule has 6 nitrogen and oxygen atoms in total. The second-order valence-corrected chi connectivity index (χ2v) is 4.80. The molecule has 1 aliphatic heterocycles. The van der Waals surface area contributed by atoms with Gasteiger partial charge >= 0.3 is 0 Å². The van der Waals surface area contributed by atoms with Crippen molar-refractivity contribution in [2.45, 2.75) is 38.7 Å².